The highest BCUT2D eigenvalue weighted by molar-refractivity contribution is 9.09. The monoisotopic (exact) mass is 244 g/mol. The molecular formula is C10H10BrFO. The van der Waals surface area contributed by atoms with Crippen molar-refractivity contribution in [3.8, 4) is 5.75 Å². The minimum atomic E-state index is -0.562. The van der Waals surface area contributed by atoms with Gasteiger partial charge in [-0.2, -0.15) is 0 Å². The van der Waals surface area contributed by atoms with Crippen molar-refractivity contribution in [1.82, 2.24) is 0 Å². The molecule has 1 aromatic rings. The summed E-state index contributed by atoms with van der Waals surface area (Å²) < 4.78 is 13.1. The van der Waals surface area contributed by atoms with Crippen molar-refractivity contribution in [3.05, 3.63) is 35.7 Å². The highest BCUT2D eigenvalue weighted by atomic mass is 79.9. The summed E-state index contributed by atoms with van der Waals surface area (Å²) in [5.74, 6) is -0.866. The first kappa shape index (κ1) is 10.3. The minimum absolute atomic E-state index is 0.305. The Kier molecular flexibility index (Phi) is 3.96. The van der Waals surface area contributed by atoms with Gasteiger partial charge in [0.15, 0.2) is 11.6 Å². The third kappa shape index (κ3) is 2.84. The van der Waals surface area contributed by atoms with Crippen molar-refractivity contribution in [2.45, 2.75) is 6.42 Å². The molecule has 0 heterocycles. The Bertz CT molecular complexity index is 310. The van der Waals surface area contributed by atoms with Crippen LogP contribution in [0.3, 0.4) is 0 Å². The zero-order chi connectivity index (χ0) is 9.68. The number of hydrogen-bond donors (Lipinski definition) is 1. The molecule has 0 radical (unpaired) electrons. The van der Waals surface area contributed by atoms with Crippen LogP contribution >= 0.6 is 15.9 Å². The van der Waals surface area contributed by atoms with Crippen LogP contribution < -0.4 is 0 Å². The van der Waals surface area contributed by atoms with E-state index >= 15 is 0 Å². The molecule has 0 amide bonds. The van der Waals surface area contributed by atoms with Crippen molar-refractivity contribution in [2.75, 3.05) is 5.33 Å². The lowest BCUT2D eigenvalue weighted by atomic mass is 10.2. The van der Waals surface area contributed by atoms with E-state index in [1.807, 2.05) is 6.08 Å². The Balaban J connectivity index is 2.83. The molecule has 0 aliphatic heterocycles. The molecule has 1 N–H and O–H groups in total. The lowest BCUT2D eigenvalue weighted by Crippen LogP contribution is -1.81. The predicted molar refractivity (Wildman–Crippen MR) is 55.5 cm³/mol. The Morgan fingerprint density at radius 1 is 1.46 bits per heavy atom. The molecule has 0 aromatic heterocycles. The molecule has 0 saturated heterocycles. The number of alkyl halides is 1. The number of phenolic OH excluding ortho intramolecular Hbond substituents is 1. The summed E-state index contributed by atoms with van der Waals surface area (Å²) in [7, 11) is 0. The van der Waals surface area contributed by atoms with Gasteiger partial charge in [-0.15, -0.1) is 0 Å². The first-order chi connectivity index (χ1) is 6.25. The Morgan fingerprint density at radius 3 is 2.92 bits per heavy atom. The minimum Gasteiger partial charge on any atom is -0.505 e. The third-order valence-corrected chi connectivity index (χ3v) is 2.04. The second kappa shape index (κ2) is 5.02. The van der Waals surface area contributed by atoms with Crippen molar-refractivity contribution in [1.29, 1.82) is 0 Å². The quantitative estimate of drug-likeness (QED) is 0.810. The summed E-state index contributed by atoms with van der Waals surface area (Å²) in [6.07, 6.45) is 4.36. The Labute approximate surface area is 85.0 Å². The topological polar surface area (TPSA) is 20.2 Å². The van der Waals surface area contributed by atoms with Gasteiger partial charge in [-0.25, -0.2) is 4.39 Å². The van der Waals surface area contributed by atoms with Gasteiger partial charge in [-0.1, -0.05) is 40.2 Å². The smallest absolute Gasteiger partial charge is 0.171 e. The second-order valence-corrected chi connectivity index (χ2v) is 3.35. The summed E-state index contributed by atoms with van der Waals surface area (Å²) in [6, 6.07) is 4.57. The van der Waals surface area contributed by atoms with E-state index in [4.69, 9.17) is 5.11 Å². The van der Waals surface area contributed by atoms with Crippen LogP contribution in [0.2, 0.25) is 0 Å². The molecule has 0 bridgehead atoms. The van der Waals surface area contributed by atoms with Gasteiger partial charge in [-0.3, -0.25) is 0 Å². The predicted octanol–water partition coefficient (Wildman–Crippen LogP) is 3.33. The highest BCUT2D eigenvalue weighted by Crippen LogP contribution is 2.19. The summed E-state index contributed by atoms with van der Waals surface area (Å²) >= 11 is 3.26. The van der Waals surface area contributed by atoms with Gasteiger partial charge in [0.05, 0.1) is 0 Å². The van der Waals surface area contributed by atoms with E-state index in [0.29, 0.717) is 5.56 Å². The molecule has 0 spiro atoms. The van der Waals surface area contributed by atoms with Crippen LogP contribution in [0.5, 0.6) is 5.75 Å². The average Bonchev–Trinajstić information content (AvgIpc) is 2.13. The number of benzene rings is 1. The molecule has 0 fully saturated rings. The molecule has 1 nitrogen and oxygen atoms in total. The van der Waals surface area contributed by atoms with Gasteiger partial charge in [0, 0.05) is 10.9 Å². The van der Waals surface area contributed by atoms with E-state index in [2.05, 4.69) is 15.9 Å². The van der Waals surface area contributed by atoms with E-state index in [-0.39, 0.29) is 5.75 Å². The Morgan fingerprint density at radius 2 is 2.23 bits per heavy atom. The fourth-order valence-corrected chi connectivity index (χ4v) is 1.20. The van der Waals surface area contributed by atoms with Gasteiger partial charge in [-0.05, 0) is 12.5 Å². The molecule has 0 atom stereocenters. The van der Waals surface area contributed by atoms with Crippen molar-refractivity contribution < 1.29 is 9.50 Å². The molecule has 1 rings (SSSR count). The van der Waals surface area contributed by atoms with E-state index in [9.17, 15) is 4.39 Å². The third-order valence-electron chi connectivity index (χ3n) is 1.58. The molecule has 0 unspecified atom stereocenters. The van der Waals surface area contributed by atoms with Crippen molar-refractivity contribution in [3.63, 3.8) is 0 Å². The normalized spacial score (nSPS) is 10.9. The number of rotatable bonds is 3. The number of hydrogen-bond acceptors (Lipinski definition) is 1. The van der Waals surface area contributed by atoms with Crippen LogP contribution in [0.4, 0.5) is 4.39 Å². The maximum atomic E-state index is 13.1. The molecule has 13 heavy (non-hydrogen) atoms. The van der Waals surface area contributed by atoms with Crippen LogP contribution in [-0.2, 0) is 0 Å². The van der Waals surface area contributed by atoms with Crippen molar-refractivity contribution >= 4 is 22.0 Å². The number of allylic oxidation sites excluding steroid dienone is 1. The number of halogens is 2. The first-order valence-electron chi connectivity index (χ1n) is 3.95. The number of phenols is 1. The van der Waals surface area contributed by atoms with E-state index in [0.717, 1.165) is 11.8 Å². The van der Waals surface area contributed by atoms with Gasteiger partial charge in [0.1, 0.15) is 0 Å². The van der Waals surface area contributed by atoms with E-state index < -0.39 is 5.82 Å². The summed E-state index contributed by atoms with van der Waals surface area (Å²) in [5.41, 5.74) is 0.418. The lowest BCUT2D eigenvalue weighted by molar-refractivity contribution is 0.432. The lowest BCUT2D eigenvalue weighted by Gasteiger charge is -1.98. The molecule has 0 saturated carbocycles. The largest absolute Gasteiger partial charge is 0.505 e. The van der Waals surface area contributed by atoms with Crippen LogP contribution in [0.1, 0.15) is 12.0 Å². The second-order valence-electron chi connectivity index (χ2n) is 2.56. The SMILES string of the molecule is Oc1cccc(C=CCCBr)c1F. The average molecular weight is 245 g/mol. The molecule has 0 aliphatic rings. The maximum Gasteiger partial charge on any atom is 0.171 e. The van der Waals surface area contributed by atoms with Gasteiger partial charge in [0.2, 0.25) is 0 Å². The fourth-order valence-electron chi connectivity index (χ4n) is 0.939. The summed E-state index contributed by atoms with van der Waals surface area (Å²) in [5, 5.41) is 9.89. The number of aromatic hydroxyl groups is 1. The zero-order valence-corrected chi connectivity index (χ0v) is 8.59. The van der Waals surface area contributed by atoms with Gasteiger partial charge in [0.25, 0.3) is 0 Å². The molecule has 70 valence electrons. The van der Waals surface area contributed by atoms with Gasteiger partial charge < -0.3 is 5.11 Å². The molecule has 0 aliphatic carbocycles. The summed E-state index contributed by atoms with van der Waals surface area (Å²) in [4.78, 5) is 0. The van der Waals surface area contributed by atoms with Crippen LogP contribution in [0.25, 0.3) is 6.08 Å². The molecular weight excluding hydrogens is 235 g/mol. The summed E-state index contributed by atoms with van der Waals surface area (Å²) in [6.45, 7) is 0. The van der Waals surface area contributed by atoms with Crippen molar-refractivity contribution in [2.24, 2.45) is 0 Å². The molecule has 1 aromatic carbocycles. The van der Waals surface area contributed by atoms with Crippen LogP contribution in [-0.4, -0.2) is 10.4 Å². The van der Waals surface area contributed by atoms with Crippen LogP contribution in [0.15, 0.2) is 24.3 Å². The van der Waals surface area contributed by atoms with Crippen LogP contribution in [0, 0.1) is 5.82 Å². The first-order valence-corrected chi connectivity index (χ1v) is 5.08. The van der Waals surface area contributed by atoms with E-state index in [1.54, 1.807) is 18.2 Å². The Hall–Kier alpha value is -0.830. The molecule has 3 heteroatoms. The zero-order valence-electron chi connectivity index (χ0n) is 7.00. The maximum absolute atomic E-state index is 13.1. The van der Waals surface area contributed by atoms with E-state index in [1.165, 1.54) is 6.07 Å². The highest BCUT2D eigenvalue weighted by Gasteiger charge is 2.02. The fraction of sp³-hybridized carbons (Fsp3) is 0.200. The van der Waals surface area contributed by atoms with Gasteiger partial charge >= 0.3 is 0 Å². The standard InChI is InChI=1S/C10H10BrFO/c11-7-2-1-4-8-5-3-6-9(13)10(8)12/h1,3-6,13H,2,7H2.